The smallest absolute Gasteiger partial charge is 0.303 e. The third kappa shape index (κ3) is 21.1. The van der Waals surface area contributed by atoms with E-state index in [1.807, 2.05) is 12.1 Å². The van der Waals surface area contributed by atoms with Gasteiger partial charge in [-0.15, -0.1) is 0 Å². The molecule has 0 bridgehead atoms. The lowest BCUT2D eigenvalue weighted by Crippen LogP contribution is -2.52. The lowest BCUT2D eigenvalue weighted by molar-refractivity contribution is -0.137. The van der Waals surface area contributed by atoms with E-state index in [2.05, 4.69) is 53.7 Å². The number of nitrogens with one attached hydrogen (secondary N) is 1. The molecule has 0 heterocycles. The number of amides is 1. The molecule has 1 aromatic carbocycles. The number of ether oxygens (including phenoxy) is 5. The van der Waals surface area contributed by atoms with Crippen molar-refractivity contribution in [2.75, 3.05) is 79.2 Å². The van der Waals surface area contributed by atoms with Gasteiger partial charge >= 0.3 is 5.97 Å². The molecule has 0 aliphatic rings. The van der Waals surface area contributed by atoms with Crippen molar-refractivity contribution in [3.63, 3.8) is 0 Å². The van der Waals surface area contributed by atoms with E-state index < -0.39 is 22.6 Å². The van der Waals surface area contributed by atoms with Gasteiger partial charge in [-0.2, -0.15) is 0 Å². The molecule has 0 saturated heterocycles. The van der Waals surface area contributed by atoms with Gasteiger partial charge in [0, 0.05) is 24.4 Å². The van der Waals surface area contributed by atoms with Gasteiger partial charge in [-0.25, -0.2) is 0 Å². The van der Waals surface area contributed by atoms with Crippen LogP contribution in [-0.2, 0) is 43.8 Å². The van der Waals surface area contributed by atoms with Crippen molar-refractivity contribution < 1.29 is 42.5 Å². The van der Waals surface area contributed by atoms with Crippen molar-refractivity contribution in [3.05, 3.63) is 40.3 Å². The van der Waals surface area contributed by atoms with E-state index in [1.165, 1.54) is 0 Å². The Morgan fingerprint density at radius 3 is 2.00 bits per heavy atom. The number of carbonyl (C=O) groups excluding carboxylic acids is 1. The van der Waals surface area contributed by atoms with Gasteiger partial charge in [-0.1, -0.05) is 29.4 Å². The largest absolute Gasteiger partial charge is 0.481 e. The third-order valence-corrected chi connectivity index (χ3v) is 13.7. The van der Waals surface area contributed by atoms with Crippen LogP contribution in [0, 0.1) is 0 Å². The average Bonchev–Trinajstić information content (AvgIpc) is 2.93. The van der Waals surface area contributed by atoms with Crippen LogP contribution >= 0.6 is 0 Å². The summed E-state index contributed by atoms with van der Waals surface area (Å²) in [6.07, 6.45) is 1.07. The Morgan fingerprint density at radius 2 is 1.44 bits per heavy atom. The van der Waals surface area contributed by atoms with Gasteiger partial charge in [-0.05, 0) is 54.9 Å². The van der Waals surface area contributed by atoms with Gasteiger partial charge < -0.3 is 38.2 Å². The van der Waals surface area contributed by atoms with E-state index in [1.54, 1.807) is 0 Å². The molecule has 0 fully saturated rings. The van der Waals surface area contributed by atoms with E-state index >= 15 is 0 Å². The molecule has 0 unspecified atom stereocenters. The highest BCUT2D eigenvalue weighted by Gasteiger charge is 2.34. The Labute approximate surface area is 257 Å². The van der Waals surface area contributed by atoms with Crippen molar-refractivity contribution in [1.29, 1.82) is 0 Å². The monoisotopic (exact) mass is 642 g/mol. The van der Waals surface area contributed by atoms with Gasteiger partial charge in [0.15, 0.2) is 8.32 Å². The van der Waals surface area contributed by atoms with Gasteiger partial charge in [0.1, 0.15) is 0 Å². The van der Waals surface area contributed by atoms with E-state index in [0.717, 1.165) is 16.8 Å². The highest BCUT2D eigenvalue weighted by Crippen LogP contribution is 2.21. The molecule has 43 heavy (non-hydrogen) atoms. The zero-order valence-electron chi connectivity index (χ0n) is 26.2. The molecule has 0 atom stereocenters. The summed E-state index contributed by atoms with van der Waals surface area (Å²) in [5, 5.41) is 16.3. The Morgan fingerprint density at radius 1 is 0.884 bits per heavy atom. The third-order valence-electron chi connectivity index (χ3n) is 6.14. The minimum absolute atomic E-state index is 0.0697. The number of rotatable bonds is 27. The molecule has 0 aromatic heterocycles. The maximum atomic E-state index is 12.5. The van der Waals surface area contributed by atoms with Gasteiger partial charge in [0.05, 0.1) is 72.5 Å². The minimum atomic E-state index is -2.22. The number of nitrogens with zero attached hydrogens (tertiary/aromatic N) is 3. The molecule has 1 aromatic rings. The predicted octanol–water partition coefficient (Wildman–Crippen LogP) is 3.24. The van der Waals surface area contributed by atoms with Crippen LogP contribution in [0.3, 0.4) is 0 Å². The molecule has 0 saturated carbocycles. The maximum Gasteiger partial charge on any atom is 0.303 e. The number of carbonyl (C=O) groups is 2. The van der Waals surface area contributed by atoms with Crippen molar-refractivity contribution in [1.82, 2.24) is 5.32 Å². The normalized spacial score (nSPS) is 11.7. The Kier molecular flexibility index (Phi) is 20.8. The number of azide groups is 1. The highest BCUT2D eigenvalue weighted by molar-refractivity contribution is 6.92. The van der Waals surface area contributed by atoms with Crippen LogP contribution < -0.4 is 10.5 Å². The summed E-state index contributed by atoms with van der Waals surface area (Å²) >= 11 is 0. The van der Waals surface area contributed by atoms with Crippen LogP contribution in [0.15, 0.2) is 29.4 Å². The predicted molar refractivity (Wildman–Crippen MR) is 169 cm³/mol. The zero-order valence-corrected chi connectivity index (χ0v) is 28.2. The molecule has 0 spiro atoms. The van der Waals surface area contributed by atoms with Crippen LogP contribution in [0.1, 0.15) is 18.4 Å². The summed E-state index contributed by atoms with van der Waals surface area (Å²) in [6.45, 7) is 13.7. The lowest BCUT2D eigenvalue weighted by Gasteiger charge is -2.34. The van der Waals surface area contributed by atoms with Crippen LogP contribution in [0.25, 0.3) is 10.4 Å². The zero-order chi connectivity index (χ0) is 31.8. The fourth-order valence-electron chi connectivity index (χ4n) is 4.16. The second-order valence-corrected chi connectivity index (χ2v) is 19.3. The molecule has 244 valence electrons. The summed E-state index contributed by atoms with van der Waals surface area (Å²) in [7, 11) is -4.24. The topological polar surface area (TPSA) is 171 Å². The van der Waals surface area contributed by atoms with Crippen molar-refractivity contribution in [2.24, 2.45) is 5.11 Å². The molecule has 15 heteroatoms. The first-order chi connectivity index (χ1) is 20.6. The first kappa shape index (κ1) is 38.7. The van der Waals surface area contributed by atoms with E-state index in [0.29, 0.717) is 85.6 Å². The number of carboxylic acid groups (broad SMARTS) is 1. The maximum absolute atomic E-state index is 12.5. The lowest BCUT2D eigenvalue weighted by atomic mass is 10.1. The fourth-order valence-corrected chi connectivity index (χ4v) is 12.6. The average molecular weight is 643 g/mol. The molecule has 0 aliphatic carbocycles. The number of hydrogen-bond donors (Lipinski definition) is 2. The first-order valence-electron chi connectivity index (χ1n) is 14.7. The quantitative estimate of drug-likeness (QED) is 0.0481. The minimum Gasteiger partial charge on any atom is -0.481 e. The molecule has 0 aliphatic heterocycles. The van der Waals surface area contributed by atoms with E-state index in [-0.39, 0.29) is 18.7 Å². The molecule has 1 rings (SSSR count). The van der Waals surface area contributed by atoms with Crippen molar-refractivity contribution in [2.45, 2.75) is 51.5 Å². The number of aliphatic carboxylic acids is 1. The summed E-state index contributed by atoms with van der Waals surface area (Å²) in [6, 6.07) is 8.83. The highest BCUT2D eigenvalue weighted by atomic mass is 28.4. The number of carboxylic acids is 1. The SMILES string of the molecule is C[Si](C)(CCCC(=O)O)O[Si](C)(C)c1cccc(CC(=O)NCCOCCOCCOCCOCCOCCN=[N+]=[N-])c1. The van der Waals surface area contributed by atoms with Gasteiger partial charge in [0.2, 0.25) is 14.2 Å². The Hall–Kier alpha value is -2.34. The van der Waals surface area contributed by atoms with E-state index in [4.69, 9.17) is 38.4 Å². The molecular weight excluding hydrogens is 592 g/mol. The van der Waals surface area contributed by atoms with Crippen molar-refractivity contribution >= 4 is 33.7 Å². The van der Waals surface area contributed by atoms with Crippen LogP contribution in [0.5, 0.6) is 0 Å². The van der Waals surface area contributed by atoms with Crippen molar-refractivity contribution in [3.8, 4) is 0 Å². The molecule has 13 nitrogen and oxygen atoms in total. The first-order valence-corrected chi connectivity index (χ1v) is 20.8. The summed E-state index contributed by atoms with van der Waals surface area (Å²) in [4.78, 5) is 26.0. The summed E-state index contributed by atoms with van der Waals surface area (Å²) in [5.41, 5.74) is 9.08. The fraction of sp³-hybridized carbons (Fsp3) is 0.714. The number of benzene rings is 1. The van der Waals surface area contributed by atoms with Crippen LogP contribution in [-0.4, -0.2) is 113 Å². The Bertz CT molecular complexity index is 979. The van der Waals surface area contributed by atoms with E-state index in [9.17, 15) is 9.59 Å². The second kappa shape index (κ2) is 23.1. The van der Waals surface area contributed by atoms with Gasteiger partial charge in [0.25, 0.3) is 0 Å². The molecular formula is C28H50N4O9Si2. The Balaban J connectivity index is 2.11. The molecule has 2 N–H and O–H groups in total. The van der Waals surface area contributed by atoms with Crippen LogP contribution in [0.4, 0.5) is 0 Å². The molecule has 0 radical (unpaired) electrons. The second-order valence-electron chi connectivity index (χ2n) is 10.9. The summed E-state index contributed by atoms with van der Waals surface area (Å²) in [5.74, 6) is -0.843. The number of hydrogen-bond acceptors (Lipinski definition) is 9. The molecule has 1 amide bonds. The summed E-state index contributed by atoms with van der Waals surface area (Å²) < 4.78 is 33.7. The van der Waals surface area contributed by atoms with Gasteiger partial charge in [-0.3, -0.25) is 9.59 Å². The van der Waals surface area contributed by atoms with Crippen LogP contribution in [0.2, 0.25) is 32.2 Å². The standard InChI is InChI=1S/C28H50N4O9Si2/c1-42(2,22-6-9-28(34)35)41-43(3,4)26-8-5-7-25(23-26)24-27(33)30-10-12-36-14-16-38-18-20-40-21-19-39-17-15-37-13-11-31-32-29/h5,7-8,23H,6,9-22,24H2,1-4H3,(H,30,33)(H,34,35).